The molecule has 3 rings (SSSR count). The fourth-order valence-corrected chi connectivity index (χ4v) is 3.25. The number of thiophene rings is 1. The Bertz CT molecular complexity index is 520. The summed E-state index contributed by atoms with van der Waals surface area (Å²) in [5.74, 6) is 0.0179. The Morgan fingerprint density at radius 3 is 2.86 bits per heavy atom. The minimum absolute atomic E-state index is 0.0121. The van der Waals surface area contributed by atoms with Crippen molar-refractivity contribution in [1.29, 1.82) is 0 Å². The first-order valence-electron chi connectivity index (χ1n) is 4.03. The summed E-state index contributed by atoms with van der Waals surface area (Å²) in [6, 6.07) is 1.90. The van der Waals surface area contributed by atoms with Gasteiger partial charge in [-0.3, -0.25) is 9.59 Å². The summed E-state index contributed by atoms with van der Waals surface area (Å²) in [6.07, 6.45) is 3.16. The third kappa shape index (κ3) is 0.980. The van der Waals surface area contributed by atoms with Gasteiger partial charge >= 0.3 is 0 Å². The fraction of sp³-hybridized carbons (Fsp3) is 0. The molecule has 0 unspecified atom stereocenters. The van der Waals surface area contributed by atoms with Crippen LogP contribution >= 0.6 is 23.1 Å². The van der Waals surface area contributed by atoms with E-state index >= 15 is 0 Å². The molecule has 0 amide bonds. The fourth-order valence-electron chi connectivity index (χ4n) is 1.60. The van der Waals surface area contributed by atoms with Gasteiger partial charge in [-0.05, 0) is 23.2 Å². The van der Waals surface area contributed by atoms with Gasteiger partial charge in [-0.1, -0.05) is 0 Å². The van der Waals surface area contributed by atoms with Crippen LogP contribution in [0.3, 0.4) is 0 Å². The maximum absolute atomic E-state index is 11.6. The molecular weight excluding hydrogens is 216 g/mol. The van der Waals surface area contributed by atoms with Crippen LogP contribution in [-0.4, -0.2) is 10.9 Å². The molecule has 0 saturated carbocycles. The number of hydrogen-bond acceptors (Lipinski definition) is 4. The van der Waals surface area contributed by atoms with Crippen LogP contribution in [0.4, 0.5) is 0 Å². The van der Waals surface area contributed by atoms with E-state index in [1.807, 2.05) is 11.4 Å². The molecule has 1 aliphatic carbocycles. The van der Waals surface area contributed by atoms with E-state index < -0.39 is 0 Å². The molecular formula is C10H4O2S2. The summed E-state index contributed by atoms with van der Waals surface area (Å²) < 4.78 is 0. The van der Waals surface area contributed by atoms with Gasteiger partial charge in [0, 0.05) is 28.2 Å². The molecule has 0 saturated heterocycles. The predicted molar refractivity (Wildman–Crippen MR) is 57.3 cm³/mol. The zero-order chi connectivity index (χ0) is 9.71. The highest BCUT2D eigenvalue weighted by molar-refractivity contribution is 8.18. The van der Waals surface area contributed by atoms with Crippen molar-refractivity contribution in [2.24, 2.45) is 0 Å². The molecule has 2 nitrogen and oxygen atoms in total. The predicted octanol–water partition coefficient (Wildman–Crippen LogP) is 2.49. The van der Waals surface area contributed by atoms with Gasteiger partial charge in [-0.2, -0.15) is 0 Å². The molecule has 0 atom stereocenters. The van der Waals surface area contributed by atoms with E-state index in [1.54, 1.807) is 12.2 Å². The molecule has 2 heterocycles. The van der Waals surface area contributed by atoms with Crippen molar-refractivity contribution in [2.75, 3.05) is 0 Å². The molecule has 1 aliphatic heterocycles. The molecule has 14 heavy (non-hydrogen) atoms. The molecule has 2 aliphatic rings. The Morgan fingerprint density at radius 2 is 2.00 bits per heavy atom. The summed E-state index contributed by atoms with van der Waals surface area (Å²) >= 11 is 2.56. The molecule has 4 heteroatoms. The van der Waals surface area contributed by atoms with Gasteiger partial charge in [-0.15, -0.1) is 11.3 Å². The third-order valence-electron chi connectivity index (χ3n) is 2.18. The molecule has 0 aromatic carbocycles. The van der Waals surface area contributed by atoms with Crippen LogP contribution in [0.5, 0.6) is 0 Å². The normalized spacial score (nSPS) is 18.9. The lowest BCUT2D eigenvalue weighted by molar-refractivity contribution is -0.106. The van der Waals surface area contributed by atoms with Gasteiger partial charge in [0.1, 0.15) is 0 Å². The topological polar surface area (TPSA) is 34.1 Å². The van der Waals surface area contributed by atoms with E-state index in [2.05, 4.69) is 0 Å². The van der Waals surface area contributed by atoms with Crippen LogP contribution < -0.4 is 0 Å². The van der Waals surface area contributed by atoms with E-state index in [9.17, 15) is 9.59 Å². The van der Waals surface area contributed by atoms with Gasteiger partial charge in [0.05, 0.1) is 4.88 Å². The van der Waals surface area contributed by atoms with Gasteiger partial charge in [0.2, 0.25) is 5.12 Å². The number of thioether (sulfide) groups is 1. The number of carbonyl (C=O) groups is 2. The van der Waals surface area contributed by atoms with Crippen molar-refractivity contribution in [1.82, 2.24) is 0 Å². The van der Waals surface area contributed by atoms with E-state index in [-0.39, 0.29) is 10.9 Å². The van der Waals surface area contributed by atoms with Crippen LogP contribution in [0.25, 0.3) is 5.57 Å². The smallest absolute Gasteiger partial charge is 0.217 e. The molecule has 0 N–H and O–H groups in total. The number of hydrogen-bond donors (Lipinski definition) is 0. The van der Waals surface area contributed by atoms with Crippen LogP contribution in [0.2, 0.25) is 0 Å². The van der Waals surface area contributed by atoms with Crippen molar-refractivity contribution < 1.29 is 9.59 Å². The second kappa shape index (κ2) is 2.68. The van der Waals surface area contributed by atoms with Crippen LogP contribution in [0.1, 0.15) is 15.2 Å². The van der Waals surface area contributed by atoms with Crippen molar-refractivity contribution in [3.63, 3.8) is 0 Å². The van der Waals surface area contributed by atoms with E-state index in [4.69, 9.17) is 0 Å². The van der Waals surface area contributed by atoms with Gasteiger partial charge in [0.25, 0.3) is 0 Å². The van der Waals surface area contributed by atoms with Crippen LogP contribution in [-0.2, 0) is 4.79 Å². The van der Waals surface area contributed by atoms with Gasteiger partial charge in [-0.25, -0.2) is 0 Å². The monoisotopic (exact) mass is 220 g/mol. The van der Waals surface area contributed by atoms with E-state index in [1.165, 1.54) is 11.3 Å². The summed E-state index contributed by atoms with van der Waals surface area (Å²) in [6.45, 7) is 0. The Hall–Kier alpha value is -1.13. The van der Waals surface area contributed by atoms with Gasteiger partial charge < -0.3 is 0 Å². The zero-order valence-corrected chi connectivity index (χ0v) is 8.58. The minimum atomic E-state index is 0.0121. The average molecular weight is 220 g/mol. The number of rotatable bonds is 0. The average Bonchev–Trinajstić information content (AvgIpc) is 2.69. The van der Waals surface area contributed by atoms with Crippen molar-refractivity contribution in [3.05, 3.63) is 38.9 Å². The maximum Gasteiger partial charge on any atom is 0.217 e. The summed E-state index contributed by atoms with van der Waals surface area (Å²) in [7, 11) is 0. The number of ketones is 1. The zero-order valence-electron chi connectivity index (χ0n) is 6.94. The molecule has 1 aromatic rings. The lowest BCUT2D eigenvalue weighted by Crippen LogP contribution is -2.02. The summed E-state index contributed by atoms with van der Waals surface area (Å²) in [5, 5.41) is 1.89. The summed E-state index contributed by atoms with van der Waals surface area (Å²) in [4.78, 5) is 24.3. The molecule has 0 spiro atoms. The van der Waals surface area contributed by atoms with Crippen molar-refractivity contribution in [2.45, 2.75) is 0 Å². The number of fused-ring (bicyclic) bond motifs is 3. The molecule has 68 valence electrons. The SMILES string of the molecule is O=C1C=C2C(=CC(=O)c3sccc32)S1. The minimum Gasteiger partial charge on any atom is -0.288 e. The Labute approximate surface area is 88.3 Å². The Kier molecular flexibility index (Phi) is 1.57. The molecule has 1 aromatic heterocycles. The third-order valence-corrected chi connectivity index (χ3v) is 3.99. The first-order valence-corrected chi connectivity index (χ1v) is 5.73. The van der Waals surface area contributed by atoms with Crippen LogP contribution in [0.15, 0.2) is 28.5 Å². The van der Waals surface area contributed by atoms with Crippen LogP contribution in [0, 0.1) is 0 Å². The Morgan fingerprint density at radius 1 is 1.14 bits per heavy atom. The van der Waals surface area contributed by atoms with Crippen molar-refractivity contribution >= 4 is 39.6 Å². The lowest BCUT2D eigenvalue weighted by Gasteiger charge is -2.09. The quantitative estimate of drug-likeness (QED) is 0.673. The van der Waals surface area contributed by atoms with Crippen molar-refractivity contribution in [3.8, 4) is 0 Å². The maximum atomic E-state index is 11.6. The number of carbonyl (C=O) groups excluding carboxylic acids is 2. The highest BCUT2D eigenvalue weighted by Gasteiger charge is 2.29. The molecule has 0 bridgehead atoms. The summed E-state index contributed by atoms with van der Waals surface area (Å²) in [5.41, 5.74) is 1.83. The molecule has 0 radical (unpaired) electrons. The first-order chi connectivity index (χ1) is 6.75. The largest absolute Gasteiger partial charge is 0.288 e. The lowest BCUT2D eigenvalue weighted by atomic mass is 9.99. The second-order valence-electron chi connectivity index (χ2n) is 3.02. The standard InChI is InChI=1S/C10H4O2S2/c11-7-4-8-6(3-9(12)14-8)5-1-2-13-10(5)7/h1-4H. The highest BCUT2D eigenvalue weighted by atomic mass is 32.2. The highest BCUT2D eigenvalue weighted by Crippen LogP contribution is 2.44. The van der Waals surface area contributed by atoms with Gasteiger partial charge in [0.15, 0.2) is 5.78 Å². The van der Waals surface area contributed by atoms with E-state index in [0.717, 1.165) is 32.7 Å². The van der Waals surface area contributed by atoms with E-state index in [0.29, 0.717) is 0 Å². The second-order valence-corrected chi connectivity index (χ2v) is 4.98. The first kappa shape index (κ1) is 8.20. The Balaban J connectivity index is 2.30. The molecule has 0 fully saturated rings. The number of allylic oxidation sites excluding steroid dienone is 2.